The predicted molar refractivity (Wildman–Crippen MR) is 126 cm³/mol. The number of hydrogen-bond donors (Lipinski definition) is 0. The highest BCUT2D eigenvalue weighted by atomic mass is 19.1. The normalized spacial score (nSPS) is 16.3. The lowest BCUT2D eigenvalue weighted by Gasteiger charge is -2.34. The molecule has 1 atom stereocenters. The zero-order chi connectivity index (χ0) is 23.5. The van der Waals surface area contributed by atoms with Crippen LogP contribution in [-0.2, 0) is 7.05 Å². The predicted octanol–water partition coefficient (Wildman–Crippen LogP) is 3.11. The van der Waals surface area contributed by atoms with Gasteiger partial charge >= 0.3 is 0 Å². The van der Waals surface area contributed by atoms with Crippen LogP contribution >= 0.6 is 0 Å². The van der Waals surface area contributed by atoms with E-state index in [1.165, 1.54) is 22.9 Å². The molecule has 0 aliphatic carbocycles. The molecule has 1 saturated heterocycles. The molecule has 33 heavy (non-hydrogen) atoms. The van der Waals surface area contributed by atoms with Gasteiger partial charge in [0.15, 0.2) is 11.6 Å². The van der Waals surface area contributed by atoms with Gasteiger partial charge in [-0.15, -0.1) is 0 Å². The molecule has 0 spiro atoms. The van der Waals surface area contributed by atoms with E-state index in [0.29, 0.717) is 30.3 Å². The van der Waals surface area contributed by atoms with Gasteiger partial charge in [-0.25, -0.2) is 9.37 Å². The summed E-state index contributed by atoms with van der Waals surface area (Å²) < 4.78 is 15.8. The van der Waals surface area contributed by atoms with Crippen LogP contribution in [0, 0.1) is 5.82 Å². The van der Waals surface area contributed by atoms with Crippen LogP contribution < -0.4 is 10.5 Å². The van der Waals surface area contributed by atoms with Gasteiger partial charge in [0.1, 0.15) is 0 Å². The molecule has 8 heteroatoms. The summed E-state index contributed by atoms with van der Waals surface area (Å²) >= 11 is 0. The Hall–Kier alpha value is -3.39. The van der Waals surface area contributed by atoms with Crippen LogP contribution in [0.15, 0.2) is 53.6 Å². The number of likely N-dealkylation sites (N-methyl/N-ethyl adjacent to an activating group) is 1. The number of piperidine rings is 1. The zero-order valence-electron chi connectivity index (χ0n) is 19.2. The lowest BCUT2D eigenvalue weighted by atomic mass is 9.90. The Kier molecular flexibility index (Phi) is 6.65. The van der Waals surface area contributed by atoms with E-state index in [9.17, 15) is 14.0 Å². The summed E-state index contributed by atoms with van der Waals surface area (Å²) in [5, 5.41) is 0. The maximum Gasteiger partial charge on any atom is 0.255 e. The fourth-order valence-corrected chi connectivity index (χ4v) is 4.28. The van der Waals surface area contributed by atoms with Crippen molar-refractivity contribution in [2.75, 3.05) is 38.6 Å². The van der Waals surface area contributed by atoms with Crippen LogP contribution in [-0.4, -0.2) is 58.9 Å². The molecule has 4 rings (SSSR count). The lowest BCUT2D eigenvalue weighted by molar-refractivity contribution is 0.0958. The first-order valence-electron chi connectivity index (χ1n) is 11.0. The number of aromatic nitrogens is 3. The van der Waals surface area contributed by atoms with Gasteiger partial charge in [0.25, 0.3) is 5.56 Å². The average Bonchev–Trinajstić information content (AvgIpc) is 2.81. The average molecular weight is 450 g/mol. The second kappa shape index (κ2) is 9.62. The molecule has 1 aliphatic rings. The zero-order valence-corrected chi connectivity index (χ0v) is 19.2. The highest BCUT2D eigenvalue weighted by Crippen LogP contribution is 2.30. The fraction of sp³-hybridized carbons (Fsp3) is 0.360. The van der Waals surface area contributed by atoms with Crippen molar-refractivity contribution >= 4 is 11.7 Å². The minimum Gasteiger partial charge on any atom is -0.342 e. The van der Waals surface area contributed by atoms with Crippen LogP contribution in [0.2, 0.25) is 0 Å². The Bertz CT molecular complexity index is 1210. The minimum atomic E-state index is -0.510. The highest BCUT2D eigenvalue weighted by molar-refractivity contribution is 5.97. The number of benzene rings is 1. The van der Waals surface area contributed by atoms with Gasteiger partial charge in [-0.05, 0) is 38.6 Å². The number of carbonyl (C=O) groups is 1. The third kappa shape index (κ3) is 5.01. The molecular weight excluding hydrogens is 421 g/mol. The van der Waals surface area contributed by atoms with Crippen molar-refractivity contribution in [3.05, 3.63) is 76.1 Å². The van der Waals surface area contributed by atoms with Crippen molar-refractivity contribution in [1.29, 1.82) is 0 Å². The molecule has 1 aromatic carbocycles. The van der Waals surface area contributed by atoms with Crippen molar-refractivity contribution in [3.8, 4) is 11.3 Å². The minimum absolute atomic E-state index is 0.0937. The number of hydrogen-bond acceptors (Lipinski definition) is 6. The maximum absolute atomic E-state index is 14.3. The molecule has 0 saturated carbocycles. The Morgan fingerprint density at radius 3 is 2.67 bits per heavy atom. The standard InChI is InChI=1S/C25H28FN5O2/c1-29(2)16-23(32)18-8-6-17(7-9-18)19-5-4-12-31(15-19)25-28-22(13-24(33)30(25)3)20-10-11-27-14-21(20)26/h6-11,13-14,19H,4-5,12,15-16H2,1-3H3/t19-/m1/s1. The Morgan fingerprint density at radius 2 is 1.97 bits per heavy atom. The number of pyridine rings is 1. The molecule has 0 bridgehead atoms. The van der Waals surface area contributed by atoms with E-state index in [1.807, 2.05) is 43.3 Å². The third-order valence-electron chi connectivity index (χ3n) is 6.03. The van der Waals surface area contributed by atoms with Crippen LogP contribution in [0.1, 0.15) is 34.7 Å². The number of ketones is 1. The van der Waals surface area contributed by atoms with E-state index in [-0.39, 0.29) is 22.8 Å². The molecule has 2 aromatic heterocycles. The van der Waals surface area contributed by atoms with E-state index in [0.717, 1.165) is 31.1 Å². The quantitative estimate of drug-likeness (QED) is 0.539. The van der Waals surface area contributed by atoms with Gasteiger partial charge in [-0.1, -0.05) is 24.3 Å². The first-order chi connectivity index (χ1) is 15.8. The summed E-state index contributed by atoms with van der Waals surface area (Å²) in [4.78, 5) is 37.3. The van der Waals surface area contributed by atoms with E-state index in [4.69, 9.17) is 0 Å². The molecular formula is C25H28FN5O2. The summed E-state index contributed by atoms with van der Waals surface area (Å²) in [6.45, 7) is 1.83. The van der Waals surface area contributed by atoms with Crippen LogP contribution in [0.3, 0.4) is 0 Å². The van der Waals surface area contributed by atoms with Gasteiger partial charge in [-0.3, -0.25) is 19.1 Å². The van der Waals surface area contributed by atoms with Crippen molar-refractivity contribution in [1.82, 2.24) is 19.4 Å². The second-order valence-corrected chi connectivity index (χ2v) is 8.76. The largest absolute Gasteiger partial charge is 0.342 e. The Labute approximate surface area is 192 Å². The monoisotopic (exact) mass is 449 g/mol. The molecule has 172 valence electrons. The number of nitrogens with zero attached hydrogens (tertiary/aromatic N) is 5. The smallest absolute Gasteiger partial charge is 0.255 e. The van der Waals surface area contributed by atoms with Gasteiger partial charge in [0, 0.05) is 49.4 Å². The first kappa shape index (κ1) is 22.8. The Balaban J connectivity index is 1.58. The molecule has 0 radical (unpaired) electrons. The summed E-state index contributed by atoms with van der Waals surface area (Å²) in [6.07, 6.45) is 4.56. The van der Waals surface area contributed by atoms with Crippen molar-refractivity contribution in [3.63, 3.8) is 0 Å². The van der Waals surface area contributed by atoms with E-state index in [1.54, 1.807) is 7.05 Å². The van der Waals surface area contributed by atoms with Gasteiger partial charge in [0.05, 0.1) is 18.4 Å². The molecule has 1 aliphatic heterocycles. The van der Waals surface area contributed by atoms with Gasteiger partial charge in [-0.2, -0.15) is 0 Å². The van der Waals surface area contributed by atoms with Gasteiger partial charge in [0.2, 0.25) is 5.95 Å². The van der Waals surface area contributed by atoms with E-state index >= 15 is 0 Å². The van der Waals surface area contributed by atoms with E-state index in [2.05, 4.69) is 14.9 Å². The summed E-state index contributed by atoms with van der Waals surface area (Å²) in [7, 11) is 5.44. The van der Waals surface area contributed by atoms with E-state index < -0.39 is 5.82 Å². The molecule has 7 nitrogen and oxygen atoms in total. The molecule has 0 N–H and O–H groups in total. The van der Waals surface area contributed by atoms with Crippen LogP contribution in [0.25, 0.3) is 11.3 Å². The lowest BCUT2D eigenvalue weighted by Crippen LogP contribution is -2.38. The second-order valence-electron chi connectivity index (χ2n) is 8.76. The summed E-state index contributed by atoms with van der Waals surface area (Å²) in [5.74, 6) is 0.354. The van der Waals surface area contributed by atoms with Crippen molar-refractivity contribution in [2.24, 2.45) is 7.05 Å². The summed E-state index contributed by atoms with van der Waals surface area (Å²) in [5.41, 5.74) is 2.19. The number of carbonyl (C=O) groups excluding carboxylic acids is 1. The van der Waals surface area contributed by atoms with Crippen molar-refractivity contribution < 1.29 is 9.18 Å². The van der Waals surface area contributed by atoms with Crippen molar-refractivity contribution in [2.45, 2.75) is 18.8 Å². The first-order valence-corrected chi connectivity index (χ1v) is 11.0. The molecule has 0 amide bonds. The highest BCUT2D eigenvalue weighted by Gasteiger charge is 2.25. The molecule has 0 unspecified atom stereocenters. The van der Waals surface area contributed by atoms with Crippen LogP contribution in [0.5, 0.6) is 0 Å². The molecule has 3 aromatic rings. The SMILES string of the molecule is CN(C)CC(=O)c1ccc([C@@H]2CCCN(c3nc(-c4ccncc4F)cc(=O)n3C)C2)cc1. The number of anilines is 1. The number of rotatable bonds is 6. The maximum atomic E-state index is 14.3. The fourth-order valence-electron chi connectivity index (χ4n) is 4.28. The Morgan fingerprint density at radius 1 is 1.21 bits per heavy atom. The topological polar surface area (TPSA) is 71.3 Å². The number of Topliss-reactive ketones (excluding diaryl/α,β-unsaturated/α-hetero) is 1. The van der Waals surface area contributed by atoms with Crippen LogP contribution in [0.4, 0.5) is 10.3 Å². The molecule has 1 fully saturated rings. The van der Waals surface area contributed by atoms with Gasteiger partial charge < -0.3 is 9.80 Å². The third-order valence-corrected chi connectivity index (χ3v) is 6.03. The summed E-state index contributed by atoms with van der Waals surface area (Å²) in [6, 6.07) is 10.7. The molecule has 3 heterocycles. The number of halogens is 1.